The largest absolute Gasteiger partial charge is 0.358 e. The van der Waals surface area contributed by atoms with Crippen molar-refractivity contribution in [3.63, 3.8) is 0 Å². The molecular weight excluding hydrogens is 392 g/mol. The highest BCUT2D eigenvalue weighted by Gasteiger charge is 2.27. The van der Waals surface area contributed by atoms with Gasteiger partial charge in [0.05, 0.1) is 28.8 Å². The van der Waals surface area contributed by atoms with Gasteiger partial charge in [0.2, 0.25) is 0 Å². The summed E-state index contributed by atoms with van der Waals surface area (Å²) in [5.74, 6) is 0. The van der Waals surface area contributed by atoms with Gasteiger partial charge in [0.25, 0.3) is 0 Å². The number of thiophene rings is 1. The summed E-state index contributed by atoms with van der Waals surface area (Å²) in [6, 6.07) is 10.5. The third-order valence-electron chi connectivity index (χ3n) is 5.59. The summed E-state index contributed by atoms with van der Waals surface area (Å²) in [7, 11) is 0. The van der Waals surface area contributed by atoms with Crippen molar-refractivity contribution in [1.29, 1.82) is 0 Å². The van der Waals surface area contributed by atoms with Crippen LogP contribution in [0.1, 0.15) is 17.4 Å². The Hall–Kier alpha value is -3.71. The van der Waals surface area contributed by atoms with E-state index in [0.717, 1.165) is 44.7 Å². The molecule has 6 rings (SSSR count). The highest BCUT2D eigenvalue weighted by Crippen LogP contribution is 2.42. The zero-order valence-electron chi connectivity index (χ0n) is 16.2. The number of aromatic nitrogens is 4. The molecule has 0 amide bonds. The predicted octanol–water partition coefficient (Wildman–Crippen LogP) is 5.59. The molecular formula is C23H18N6S. The van der Waals surface area contributed by atoms with Crippen molar-refractivity contribution in [2.75, 3.05) is 10.6 Å². The van der Waals surface area contributed by atoms with E-state index in [1.807, 2.05) is 30.9 Å². The van der Waals surface area contributed by atoms with E-state index in [9.17, 15) is 0 Å². The molecule has 5 aromatic rings. The summed E-state index contributed by atoms with van der Waals surface area (Å²) in [5, 5.41) is 20.2. The van der Waals surface area contributed by atoms with E-state index in [1.165, 1.54) is 11.1 Å². The number of anilines is 2. The minimum absolute atomic E-state index is 0.114. The Morgan fingerprint density at radius 1 is 0.933 bits per heavy atom. The molecule has 0 spiro atoms. The van der Waals surface area contributed by atoms with E-state index < -0.39 is 0 Å². The Balaban J connectivity index is 1.41. The second-order valence-electron chi connectivity index (χ2n) is 7.40. The molecule has 1 aromatic carbocycles. The average Bonchev–Trinajstić information content (AvgIpc) is 3.51. The van der Waals surface area contributed by atoms with Gasteiger partial charge in [-0.05, 0) is 58.6 Å². The second kappa shape index (κ2) is 6.67. The van der Waals surface area contributed by atoms with Crippen LogP contribution in [0.2, 0.25) is 0 Å². The SMILES string of the molecule is Cc1ccncc1-c1ccc2n[nH]c(C3Nc4cncc(-c5ccsc5)c4N3)c2c1. The van der Waals surface area contributed by atoms with Crippen LogP contribution in [-0.4, -0.2) is 20.2 Å². The van der Waals surface area contributed by atoms with Crippen LogP contribution in [0.4, 0.5) is 11.4 Å². The number of nitrogens with one attached hydrogen (secondary N) is 3. The van der Waals surface area contributed by atoms with Crippen molar-refractivity contribution in [1.82, 2.24) is 20.2 Å². The molecule has 0 saturated carbocycles. The van der Waals surface area contributed by atoms with E-state index in [1.54, 1.807) is 11.3 Å². The summed E-state index contributed by atoms with van der Waals surface area (Å²) in [4.78, 5) is 8.72. The fourth-order valence-corrected chi connectivity index (χ4v) is 4.68. The molecule has 5 heterocycles. The van der Waals surface area contributed by atoms with Crippen molar-refractivity contribution < 1.29 is 0 Å². The zero-order valence-corrected chi connectivity index (χ0v) is 17.0. The number of H-pyrrole nitrogens is 1. The van der Waals surface area contributed by atoms with Crippen molar-refractivity contribution in [2.45, 2.75) is 13.1 Å². The fraction of sp³-hybridized carbons (Fsp3) is 0.0870. The van der Waals surface area contributed by atoms with Gasteiger partial charge in [-0.15, -0.1) is 0 Å². The van der Waals surface area contributed by atoms with Crippen molar-refractivity contribution >= 4 is 33.6 Å². The maximum absolute atomic E-state index is 4.52. The van der Waals surface area contributed by atoms with Crippen LogP contribution in [0.25, 0.3) is 33.2 Å². The lowest BCUT2D eigenvalue weighted by Crippen LogP contribution is -2.13. The lowest BCUT2D eigenvalue weighted by molar-refractivity contribution is 0.874. The number of hydrogen-bond donors (Lipinski definition) is 3. The van der Waals surface area contributed by atoms with E-state index in [-0.39, 0.29) is 6.17 Å². The second-order valence-corrected chi connectivity index (χ2v) is 8.18. The molecule has 0 saturated heterocycles. The van der Waals surface area contributed by atoms with E-state index in [4.69, 9.17) is 0 Å². The smallest absolute Gasteiger partial charge is 0.141 e. The van der Waals surface area contributed by atoms with Crippen molar-refractivity contribution in [3.8, 4) is 22.3 Å². The first-order valence-electron chi connectivity index (χ1n) is 9.70. The molecule has 0 bridgehead atoms. The van der Waals surface area contributed by atoms with Gasteiger partial charge in [-0.3, -0.25) is 15.1 Å². The number of hydrogen-bond acceptors (Lipinski definition) is 6. The number of rotatable bonds is 3. The molecule has 3 N–H and O–H groups in total. The Kier molecular flexibility index (Phi) is 3.82. The lowest BCUT2D eigenvalue weighted by Gasteiger charge is -2.12. The van der Waals surface area contributed by atoms with Crippen LogP contribution in [0.3, 0.4) is 0 Å². The van der Waals surface area contributed by atoms with Crippen LogP contribution in [-0.2, 0) is 0 Å². The fourth-order valence-electron chi connectivity index (χ4n) is 4.03. The number of benzene rings is 1. The third-order valence-corrected chi connectivity index (χ3v) is 6.27. The van der Waals surface area contributed by atoms with E-state index in [0.29, 0.717) is 0 Å². The molecule has 1 aliphatic heterocycles. The van der Waals surface area contributed by atoms with Gasteiger partial charge >= 0.3 is 0 Å². The van der Waals surface area contributed by atoms with Gasteiger partial charge in [0, 0.05) is 35.1 Å². The first-order chi connectivity index (χ1) is 14.8. The molecule has 4 aromatic heterocycles. The first kappa shape index (κ1) is 17.2. The summed E-state index contributed by atoms with van der Waals surface area (Å²) in [6.07, 6.45) is 7.39. The van der Waals surface area contributed by atoms with Crippen molar-refractivity contribution in [2.24, 2.45) is 0 Å². The molecule has 1 aliphatic rings. The number of aryl methyl sites for hydroxylation is 1. The first-order valence-corrected chi connectivity index (χ1v) is 10.6. The Morgan fingerprint density at radius 3 is 2.73 bits per heavy atom. The number of pyridine rings is 2. The third kappa shape index (κ3) is 2.67. The van der Waals surface area contributed by atoms with E-state index in [2.05, 4.69) is 72.7 Å². The van der Waals surface area contributed by atoms with Crippen LogP contribution < -0.4 is 10.6 Å². The molecule has 0 aliphatic carbocycles. The van der Waals surface area contributed by atoms with Gasteiger partial charge in [0.15, 0.2) is 0 Å². The Bertz CT molecular complexity index is 1370. The van der Waals surface area contributed by atoms with Gasteiger partial charge in [-0.2, -0.15) is 16.4 Å². The lowest BCUT2D eigenvalue weighted by atomic mass is 10.0. The molecule has 7 heteroatoms. The highest BCUT2D eigenvalue weighted by molar-refractivity contribution is 7.08. The van der Waals surface area contributed by atoms with Gasteiger partial charge in [-0.25, -0.2) is 0 Å². The number of nitrogens with zero attached hydrogens (tertiary/aromatic N) is 3. The maximum atomic E-state index is 4.52. The normalized spacial score (nSPS) is 15.0. The van der Waals surface area contributed by atoms with E-state index >= 15 is 0 Å². The summed E-state index contributed by atoms with van der Waals surface area (Å²) < 4.78 is 0. The minimum Gasteiger partial charge on any atom is -0.358 e. The van der Waals surface area contributed by atoms with Gasteiger partial charge in [0.1, 0.15) is 6.17 Å². The van der Waals surface area contributed by atoms with Crippen molar-refractivity contribution in [3.05, 3.63) is 77.1 Å². The number of aromatic amines is 1. The molecule has 0 radical (unpaired) electrons. The molecule has 30 heavy (non-hydrogen) atoms. The summed E-state index contributed by atoms with van der Waals surface area (Å²) >= 11 is 1.68. The average molecular weight is 411 g/mol. The van der Waals surface area contributed by atoms with Crippen LogP contribution in [0.5, 0.6) is 0 Å². The topological polar surface area (TPSA) is 78.5 Å². The predicted molar refractivity (Wildman–Crippen MR) is 122 cm³/mol. The van der Waals surface area contributed by atoms with Crippen LogP contribution >= 0.6 is 11.3 Å². The molecule has 146 valence electrons. The number of fused-ring (bicyclic) bond motifs is 2. The Morgan fingerprint density at radius 2 is 1.87 bits per heavy atom. The Labute approximate surface area is 177 Å². The standard InChI is InChI=1S/C23H18N6S/c1-13-4-6-24-9-17(13)14-2-3-19-16(8-14)22(29-28-19)23-26-20-11-25-10-18(21(20)27-23)15-5-7-30-12-15/h2-12,23,26-27H,1H3,(H,28,29). The van der Waals surface area contributed by atoms with Gasteiger partial charge < -0.3 is 10.6 Å². The molecule has 1 unspecified atom stereocenters. The molecule has 6 nitrogen and oxygen atoms in total. The quantitative estimate of drug-likeness (QED) is 0.361. The maximum Gasteiger partial charge on any atom is 0.141 e. The molecule has 1 atom stereocenters. The summed E-state index contributed by atoms with van der Waals surface area (Å²) in [5.41, 5.74) is 9.72. The zero-order chi connectivity index (χ0) is 20.1. The minimum atomic E-state index is -0.114. The highest BCUT2D eigenvalue weighted by atomic mass is 32.1. The summed E-state index contributed by atoms with van der Waals surface area (Å²) in [6.45, 7) is 2.10. The monoisotopic (exact) mass is 410 g/mol. The van der Waals surface area contributed by atoms with Crippen LogP contribution in [0, 0.1) is 6.92 Å². The van der Waals surface area contributed by atoms with Gasteiger partial charge in [-0.1, -0.05) is 6.07 Å². The van der Waals surface area contributed by atoms with Crippen LogP contribution in [0.15, 0.2) is 65.9 Å². The molecule has 0 fully saturated rings.